The summed E-state index contributed by atoms with van der Waals surface area (Å²) in [5.41, 5.74) is 0. The first-order valence-corrected chi connectivity index (χ1v) is 7.67. The van der Waals surface area contributed by atoms with Crippen LogP contribution in [0.4, 0.5) is 4.79 Å². The monoisotopic (exact) mass is 299 g/mol. The zero-order valence-corrected chi connectivity index (χ0v) is 12.5. The van der Waals surface area contributed by atoms with Crippen LogP contribution in [0, 0.1) is 0 Å². The van der Waals surface area contributed by atoms with Gasteiger partial charge in [-0.15, -0.1) is 0 Å². The van der Waals surface area contributed by atoms with Crippen molar-refractivity contribution in [2.75, 3.05) is 26.2 Å². The van der Waals surface area contributed by atoms with Gasteiger partial charge in [-0.1, -0.05) is 6.42 Å². The number of β-amino-alcohol motifs (C(OH)–C–C–N with tert-alkyl or cyclic N) is 1. The van der Waals surface area contributed by atoms with Crippen molar-refractivity contribution < 1.29 is 19.8 Å². The largest absolute Gasteiger partial charge is 0.480 e. The Labute approximate surface area is 124 Å². The second kappa shape index (κ2) is 7.09. The summed E-state index contributed by atoms with van der Waals surface area (Å²) in [6.07, 6.45) is 3.00. The van der Waals surface area contributed by atoms with Crippen molar-refractivity contribution in [3.8, 4) is 0 Å². The first-order chi connectivity index (χ1) is 9.97. The van der Waals surface area contributed by atoms with Gasteiger partial charge in [0.25, 0.3) is 0 Å². The Balaban J connectivity index is 1.83. The Kier molecular flexibility index (Phi) is 5.41. The first kappa shape index (κ1) is 16.0. The molecular weight excluding hydrogens is 274 g/mol. The summed E-state index contributed by atoms with van der Waals surface area (Å²) in [5, 5.41) is 21.5. The van der Waals surface area contributed by atoms with Gasteiger partial charge in [0.2, 0.25) is 0 Å². The van der Waals surface area contributed by atoms with Gasteiger partial charge in [-0.3, -0.25) is 0 Å². The summed E-state index contributed by atoms with van der Waals surface area (Å²) in [7, 11) is 0. The van der Waals surface area contributed by atoms with Crippen molar-refractivity contribution in [2.24, 2.45) is 0 Å². The lowest BCUT2D eigenvalue weighted by Crippen LogP contribution is -2.51. The minimum atomic E-state index is -1.06. The molecule has 0 radical (unpaired) electrons. The normalized spacial score (nSPS) is 28.4. The molecular formula is C14H25N3O4. The summed E-state index contributed by atoms with van der Waals surface area (Å²) in [6, 6.07) is -1.37. The Hall–Kier alpha value is -1.34. The summed E-state index contributed by atoms with van der Waals surface area (Å²) < 4.78 is 0. The minimum absolute atomic E-state index is 0.0391. The van der Waals surface area contributed by atoms with E-state index in [-0.39, 0.29) is 19.0 Å². The number of aliphatic hydroxyl groups is 1. The van der Waals surface area contributed by atoms with Crippen LogP contribution < -0.4 is 5.32 Å². The third-order valence-corrected chi connectivity index (χ3v) is 4.18. The van der Waals surface area contributed by atoms with E-state index in [9.17, 15) is 14.7 Å². The maximum Gasteiger partial charge on any atom is 0.326 e. The highest BCUT2D eigenvalue weighted by Gasteiger charge is 2.39. The van der Waals surface area contributed by atoms with Crippen molar-refractivity contribution >= 4 is 12.0 Å². The molecule has 0 aromatic rings. The van der Waals surface area contributed by atoms with Crippen LogP contribution in [0.1, 0.15) is 32.6 Å². The summed E-state index contributed by atoms with van der Waals surface area (Å²) in [5.74, 6) is -1.06. The molecule has 21 heavy (non-hydrogen) atoms. The van der Waals surface area contributed by atoms with Gasteiger partial charge in [0.05, 0.1) is 6.10 Å². The van der Waals surface area contributed by atoms with Crippen LogP contribution in [0.5, 0.6) is 0 Å². The van der Waals surface area contributed by atoms with Crippen molar-refractivity contribution in [1.29, 1.82) is 0 Å². The third kappa shape index (κ3) is 4.31. The number of hydrogen-bond acceptors (Lipinski definition) is 4. The highest BCUT2D eigenvalue weighted by atomic mass is 16.4. The molecule has 2 heterocycles. The van der Waals surface area contributed by atoms with E-state index in [0.29, 0.717) is 0 Å². The van der Waals surface area contributed by atoms with Crippen LogP contribution in [-0.2, 0) is 4.79 Å². The lowest BCUT2D eigenvalue weighted by molar-refractivity contribution is -0.141. The molecule has 2 aliphatic rings. The molecule has 0 aliphatic carbocycles. The standard InChI is InChI=1S/C14H25N3O4/c1-10(8-16-5-3-2-4-6-16)15-14(21)17-9-11(18)7-12(17)13(19)20/h10-12,18H,2-9H2,1H3,(H,15,21)(H,19,20)/t10?,11?,12-/m0/s1. The van der Waals surface area contributed by atoms with Crippen LogP contribution in [0.15, 0.2) is 0 Å². The number of aliphatic hydroxyl groups excluding tert-OH is 1. The van der Waals surface area contributed by atoms with Gasteiger partial charge in [0.1, 0.15) is 6.04 Å². The molecule has 0 bridgehead atoms. The van der Waals surface area contributed by atoms with E-state index in [2.05, 4.69) is 10.2 Å². The van der Waals surface area contributed by atoms with Gasteiger partial charge in [0, 0.05) is 25.6 Å². The van der Waals surface area contributed by atoms with Gasteiger partial charge in [-0.25, -0.2) is 9.59 Å². The number of carboxylic acid groups (broad SMARTS) is 1. The zero-order chi connectivity index (χ0) is 15.4. The number of rotatable bonds is 4. The molecule has 0 saturated carbocycles. The smallest absolute Gasteiger partial charge is 0.326 e. The molecule has 0 spiro atoms. The quantitative estimate of drug-likeness (QED) is 0.684. The number of amides is 2. The van der Waals surface area contributed by atoms with Gasteiger partial charge < -0.3 is 25.3 Å². The Morgan fingerprint density at radius 2 is 1.95 bits per heavy atom. The molecule has 2 fully saturated rings. The molecule has 2 aliphatic heterocycles. The number of urea groups is 1. The van der Waals surface area contributed by atoms with E-state index < -0.39 is 24.1 Å². The maximum atomic E-state index is 12.2. The zero-order valence-electron chi connectivity index (χ0n) is 12.5. The number of nitrogens with zero attached hydrogens (tertiary/aromatic N) is 2. The van der Waals surface area contributed by atoms with Crippen molar-refractivity contribution in [2.45, 2.75) is 50.8 Å². The number of carbonyl (C=O) groups is 2. The van der Waals surface area contributed by atoms with Gasteiger partial charge in [-0.05, 0) is 32.9 Å². The minimum Gasteiger partial charge on any atom is -0.480 e. The van der Waals surface area contributed by atoms with Crippen LogP contribution in [0.3, 0.4) is 0 Å². The lowest BCUT2D eigenvalue weighted by Gasteiger charge is -2.30. The average Bonchev–Trinajstić information content (AvgIpc) is 2.82. The molecule has 7 heteroatoms. The third-order valence-electron chi connectivity index (χ3n) is 4.18. The number of nitrogens with one attached hydrogen (secondary N) is 1. The van der Waals surface area contributed by atoms with Crippen molar-refractivity contribution in [3.63, 3.8) is 0 Å². The molecule has 3 atom stereocenters. The predicted octanol–water partition coefficient (Wildman–Crippen LogP) is 0.0902. The Bertz CT molecular complexity index is 384. The van der Waals surface area contributed by atoms with Gasteiger partial charge >= 0.3 is 12.0 Å². The van der Waals surface area contributed by atoms with E-state index in [1.807, 2.05) is 6.92 Å². The number of piperidine rings is 1. The SMILES string of the molecule is CC(CN1CCCCC1)NC(=O)N1CC(O)C[C@H]1C(=O)O. The van der Waals surface area contributed by atoms with Crippen LogP contribution >= 0.6 is 0 Å². The lowest BCUT2D eigenvalue weighted by atomic mass is 10.1. The Morgan fingerprint density at radius 1 is 1.29 bits per heavy atom. The fourth-order valence-electron chi connectivity index (χ4n) is 3.14. The summed E-state index contributed by atoms with van der Waals surface area (Å²) >= 11 is 0. The molecule has 2 saturated heterocycles. The fraction of sp³-hybridized carbons (Fsp3) is 0.857. The molecule has 7 nitrogen and oxygen atoms in total. The van der Waals surface area contributed by atoms with E-state index in [4.69, 9.17) is 5.11 Å². The molecule has 2 amide bonds. The highest BCUT2D eigenvalue weighted by Crippen LogP contribution is 2.18. The molecule has 0 aromatic carbocycles. The number of carboxylic acids is 1. The fourth-order valence-corrected chi connectivity index (χ4v) is 3.14. The maximum absolute atomic E-state index is 12.2. The highest BCUT2D eigenvalue weighted by molar-refractivity contribution is 5.83. The molecule has 0 aromatic heterocycles. The van der Waals surface area contributed by atoms with E-state index >= 15 is 0 Å². The van der Waals surface area contributed by atoms with E-state index in [1.165, 1.54) is 24.2 Å². The molecule has 3 N–H and O–H groups in total. The first-order valence-electron chi connectivity index (χ1n) is 7.67. The number of likely N-dealkylation sites (tertiary alicyclic amines) is 2. The van der Waals surface area contributed by atoms with E-state index in [1.54, 1.807) is 0 Å². The Morgan fingerprint density at radius 3 is 2.57 bits per heavy atom. The molecule has 120 valence electrons. The second-order valence-electron chi connectivity index (χ2n) is 6.11. The topological polar surface area (TPSA) is 93.1 Å². The average molecular weight is 299 g/mol. The van der Waals surface area contributed by atoms with E-state index in [0.717, 1.165) is 19.6 Å². The van der Waals surface area contributed by atoms with Crippen molar-refractivity contribution in [1.82, 2.24) is 15.1 Å². The molecule has 2 rings (SSSR count). The van der Waals surface area contributed by atoms with Crippen LogP contribution in [-0.4, -0.2) is 76.4 Å². The second-order valence-corrected chi connectivity index (χ2v) is 6.11. The number of hydrogen-bond donors (Lipinski definition) is 3. The predicted molar refractivity (Wildman–Crippen MR) is 77.0 cm³/mol. The number of carbonyl (C=O) groups excluding carboxylic acids is 1. The van der Waals surface area contributed by atoms with Gasteiger partial charge in [-0.2, -0.15) is 0 Å². The summed E-state index contributed by atoms with van der Waals surface area (Å²) in [4.78, 5) is 26.8. The van der Waals surface area contributed by atoms with Crippen LogP contribution in [0.2, 0.25) is 0 Å². The van der Waals surface area contributed by atoms with Crippen molar-refractivity contribution in [3.05, 3.63) is 0 Å². The summed E-state index contributed by atoms with van der Waals surface area (Å²) in [6.45, 7) is 4.90. The molecule has 2 unspecified atom stereocenters. The van der Waals surface area contributed by atoms with Crippen LogP contribution in [0.25, 0.3) is 0 Å². The van der Waals surface area contributed by atoms with Gasteiger partial charge in [0.15, 0.2) is 0 Å². The number of aliphatic carboxylic acids is 1.